The van der Waals surface area contributed by atoms with Crippen LogP contribution >= 0.6 is 0 Å². The first kappa shape index (κ1) is 14.2. The molecule has 1 saturated heterocycles. The first-order chi connectivity index (χ1) is 8.98. The zero-order chi connectivity index (χ0) is 13.9. The number of aromatic nitrogens is 2. The highest BCUT2D eigenvalue weighted by molar-refractivity contribution is 5.36. The van der Waals surface area contributed by atoms with Gasteiger partial charge in [-0.3, -0.25) is 0 Å². The van der Waals surface area contributed by atoms with Crippen LogP contribution in [0.5, 0.6) is 0 Å². The Morgan fingerprint density at radius 1 is 1.37 bits per heavy atom. The fourth-order valence-corrected chi connectivity index (χ4v) is 2.12. The minimum Gasteiger partial charge on any atom is -0.388 e. The molecule has 0 saturated carbocycles. The quantitative estimate of drug-likeness (QED) is 0.870. The number of aryl methyl sites for hydroxylation is 1. The van der Waals surface area contributed by atoms with Gasteiger partial charge in [0.25, 0.3) is 0 Å². The van der Waals surface area contributed by atoms with E-state index in [-0.39, 0.29) is 0 Å². The van der Waals surface area contributed by atoms with Crippen molar-refractivity contribution in [3.05, 3.63) is 17.6 Å². The minimum absolute atomic E-state index is 0.298. The van der Waals surface area contributed by atoms with Crippen molar-refractivity contribution in [2.75, 3.05) is 25.1 Å². The Labute approximate surface area is 114 Å². The number of hydrogen-bond donors (Lipinski definition) is 2. The van der Waals surface area contributed by atoms with Crippen molar-refractivity contribution in [2.24, 2.45) is 0 Å². The lowest BCUT2D eigenvalue weighted by Gasteiger charge is -2.32. The van der Waals surface area contributed by atoms with Crippen molar-refractivity contribution in [3.8, 4) is 0 Å². The number of rotatable bonds is 4. The van der Waals surface area contributed by atoms with Gasteiger partial charge < -0.3 is 15.2 Å². The van der Waals surface area contributed by atoms with Crippen LogP contribution in [0.25, 0.3) is 0 Å². The molecule has 5 nitrogen and oxygen atoms in total. The SMILES string of the molecule is Cc1cc(NCC2(O)CCOCC2)nc(C(C)C)n1. The van der Waals surface area contributed by atoms with E-state index < -0.39 is 5.60 Å². The van der Waals surface area contributed by atoms with Crippen LogP contribution in [-0.4, -0.2) is 40.4 Å². The topological polar surface area (TPSA) is 67.3 Å². The fraction of sp³-hybridized carbons (Fsp3) is 0.714. The third-order valence-corrected chi connectivity index (χ3v) is 3.41. The molecule has 2 rings (SSSR count). The van der Waals surface area contributed by atoms with E-state index in [1.54, 1.807) is 0 Å². The van der Waals surface area contributed by atoms with Gasteiger partial charge in [-0.2, -0.15) is 0 Å². The van der Waals surface area contributed by atoms with Gasteiger partial charge in [0.2, 0.25) is 0 Å². The summed E-state index contributed by atoms with van der Waals surface area (Å²) in [5.74, 6) is 1.92. The van der Waals surface area contributed by atoms with E-state index in [1.807, 2.05) is 13.0 Å². The van der Waals surface area contributed by atoms with E-state index in [0.717, 1.165) is 17.3 Å². The minimum atomic E-state index is -0.685. The molecule has 1 aromatic heterocycles. The number of ether oxygens (including phenoxy) is 1. The van der Waals surface area contributed by atoms with Crippen molar-refractivity contribution >= 4 is 5.82 Å². The Morgan fingerprint density at radius 2 is 2.05 bits per heavy atom. The van der Waals surface area contributed by atoms with Crippen LogP contribution in [0.3, 0.4) is 0 Å². The molecule has 0 atom stereocenters. The summed E-state index contributed by atoms with van der Waals surface area (Å²) in [5, 5.41) is 13.6. The predicted molar refractivity (Wildman–Crippen MR) is 74.4 cm³/mol. The Balaban J connectivity index is 2.02. The summed E-state index contributed by atoms with van der Waals surface area (Å²) in [6, 6.07) is 1.91. The molecule has 0 aromatic carbocycles. The Bertz CT molecular complexity index is 429. The molecule has 0 aliphatic carbocycles. The molecule has 2 heterocycles. The van der Waals surface area contributed by atoms with E-state index in [1.165, 1.54) is 0 Å². The maximum atomic E-state index is 10.4. The number of nitrogens with zero attached hydrogens (tertiary/aromatic N) is 2. The molecule has 0 bridgehead atoms. The molecule has 0 unspecified atom stereocenters. The molecule has 106 valence electrons. The highest BCUT2D eigenvalue weighted by Crippen LogP contribution is 2.21. The van der Waals surface area contributed by atoms with Gasteiger partial charge in [0.15, 0.2) is 0 Å². The van der Waals surface area contributed by atoms with Gasteiger partial charge in [0, 0.05) is 50.3 Å². The van der Waals surface area contributed by atoms with Gasteiger partial charge >= 0.3 is 0 Å². The predicted octanol–water partition coefficient (Wildman–Crippen LogP) is 1.86. The second kappa shape index (κ2) is 5.84. The molecule has 0 radical (unpaired) electrons. The molecule has 0 amide bonds. The Morgan fingerprint density at radius 3 is 2.68 bits per heavy atom. The lowest BCUT2D eigenvalue weighted by molar-refractivity contribution is -0.0543. The third-order valence-electron chi connectivity index (χ3n) is 3.41. The molecule has 1 aliphatic rings. The normalized spacial score (nSPS) is 18.6. The Hall–Kier alpha value is -1.20. The zero-order valence-electron chi connectivity index (χ0n) is 11.9. The molecular weight excluding hydrogens is 242 g/mol. The molecular formula is C14H23N3O2. The Kier molecular flexibility index (Phi) is 4.37. The molecule has 1 aliphatic heterocycles. The van der Waals surface area contributed by atoms with Crippen LogP contribution in [0.15, 0.2) is 6.07 Å². The first-order valence-corrected chi connectivity index (χ1v) is 6.88. The smallest absolute Gasteiger partial charge is 0.133 e. The van der Waals surface area contributed by atoms with Crippen molar-refractivity contribution in [2.45, 2.75) is 45.1 Å². The van der Waals surface area contributed by atoms with Gasteiger partial charge in [-0.05, 0) is 6.92 Å². The monoisotopic (exact) mass is 265 g/mol. The standard InChI is InChI=1S/C14H23N3O2/c1-10(2)13-16-11(3)8-12(17-13)15-9-14(18)4-6-19-7-5-14/h8,10,18H,4-7,9H2,1-3H3,(H,15,16,17). The van der Waals surface area contributed by atoms with E-state index in [0.29, 0.717) is 38.5 Å². The molecule has 19 heavy (non-hydrogen) atoms. The lowest BCUT2D eigenvalue weighted by Crippen LogP contribution is -2.42. The summed E-state index contributed by atoms with van der Waals surface area (Å²) >= 11 is 0. The van der Waals surface area contributed by atoms with Crippen LogP contribution in [0.2, 0.25) is 0 Å². The van der Waals surface area contributed by atoms with Crippen molar-refractivity contribution in [3.63, 3.8) is 0 Å². The highest BCUT2D eigenvalue weighted by atomic mass is 16.5. The zero-order valence-corrected chi connectivity index (χ0v) is 11.9. The largest absolute Gasteiger partial charge is 0.388 e. The second-order valence-corrected chi connectivity index (χ2v) is 5.60. The highest BCUT2D eigenvalue weighted by Gasteiger charge is 2.29. The summed E-state index contributed by atoms with van der Waals surface area (Å²) in [6.45, 7) is 7.86. The molecule has 1 aromatic rings. The van der Waals surface area contributed by atoms with Crippen LogP contribution in [0.1, 0.15) is 44.1 Å². The molecule has 0 spiro atoms. The number of nitrogens with one attached hydrogen (secondary N) is 1. The number of aliphatic hydroxyl groups is 1. The summed E-state index contributed by atoms with van der Waals surface area (Å²) in [7, 11) is 0. The average Bonchev–Trinajstić information content (AvgIpc) is 2.37. The summed E-state index contributed by atoms with van der Waals surface area (Å²) < 4.78 is 5.27. The molecule has 1 fully saturated rings. The van der Waals surface area contributed by atoms with E-state index in [4.69, 9.17) is 4.74 Å². The maximum Gasteiger partial charge on any atom is 0.133 e. The van der Waals surface area contributed by atoms with Crippen molar-refractivity contribution < 1.29 is 9.84 Å². The lowest BCUT2D eigenvalue weighted by atomic mass is 9.94. The van der Waals surface area contributed by atoms with Gasteiger partial charge in [0.1, 0.15) is 11.6 Å². The second-order valence-electron chi connectivity index (χ2n) is 5.60. The number of hydrogen-bond acceptors (Lipinski definition) is 5. The van der Waals surface area contributed by atoms with Crippen LogP contribution < -0.4 is 5.32 Å². The first-order valence-electron chi connectivity index (χ1n) is 6.88. The van der Waals surface area contributed by atoms with Gasteiger partial charge in [-0.25, -0.2) is 9.97 Å². The van der Waals surface area contributed by atoms with Crippen LogP contribution in [-0.2, 0) is 4.74 Å². The van der Waals surface area contributed by atoms with Crippen LogP contribution in [0, 0.1) is 6.92 Å². The van der Waals surface area contributed by atoms with Crippen molar-refractivity contribution in [1.29, 1.82) is 0 Å². The third kappa shape index (κ3) is 3.88. The van der Waals surface area contributed by atoms with Gasteiger partial charge in [-0.1, -0.05) is 13.8 Å². The van der Waals surface area contributed by atoms with Crippen molar-refractivity contribution in [1.82, 2.24) is 9.97 Å². The number of anilines is 1. The van der Waals surface area contributed by atoms with Gasteiger partial charge in [0.05, 0.1) is 5.60 Å². The molecule has 2 N–H and O–H groups in total. The average molecular weight is 265 g/mol. The molecule has 5 heteroatoms. The van der Waals surface area contributed by atoms with Crippen LogP contribution in [0.4, 0.5) is 5.82 Å². The summed E-state index contributed by atoms with van der Waals surface area (Å²) in [5.41, 5.74) is 0.259. The van der Waals surface area contributed by atoms with Gasteiger partial charge in [-0.15, -0.1) is 0 Å². The van der Waals surface area contributed by atoms with E-state index in [2.05, 4.69) is 29.1 Å². The maximum absolute atomic E-state index is 10.4. The fourth-order valence-electron chi connectivity index (χ4n) is 2.12. The summed E-state index contributed by atoms with van der Waals surface area (Å²) in [6.07, 6.45) is 1.34. The van der Waals surface area contributed by atoms with E-state index >= 15 is 0 Å². The summed E-state index contributed by atoms with van der Waals surface area (Å²) in [4.78, 5) is 8.90. The van der Waals surface area contributed by atoms with E-state index in [9.17, 15) is 5.11 Å².